The summed E-state index contributed by atoms with van der Waals surface area (Å²) in [6, 6.07) is 0. The predicted molar refractivity (Wildman–Crippen MR) is 67.2 cm³/mol. The number of hydrogen-bond donors (Lipinski definition) is 1. The highest BCUT2D eigenvalue weighted by Crippen LogP contribution is 2.11. The second-order valence-electron chi connectivity index (χ2n) is 4.54. The van der Waals surface area contributed by atoms with Crippen molar-refractivity contribution in [2.75, 3.05) is 20.3 Å². The second kappa shape index (κ2) is 8.02. The van der Waals surface area contributed by atoms with E-state index in [1.165, 1.54) is 12.1 Å². The van der Waals surface area contributed by atoms with Crippen LogP contribution in [-0.4, -0.2) is 58.1 Å². The van der Waals surface area contributed by atoms with Gasteiger partial charge < -0.3 is 15.2 Å². The molecule has 1 aliphatic rings. The number of amides is 2. The van der Waals surface area contributed by atoms with Crippen molar-refractivity contribution >= 4 is 17.8 Å². The molecule has 118 valence electrons. The zero-order valence-corrected chi connectivity index (χ0v) is 11.7. The maximum atomic E-state index is 11.5. The summed E-state index contributed by atoms with van der Waals surface area (Å²) in [6.07, 6.45) is 1.30. The van der Waals surface area contributed by atoms with Crippen LogP contribution in [0.4, 0.5) is 0 Å². The minimum atomic E-state index is -0.885. The van der Waals surface area contributed by atoms with Crippen molar-refractivity contribution in [2.45, 2.75) is 32.1 Å². The zero-order chi connectivity index (χ0) is 15.8. The van der Waals surface area contributed by atoms with Crippen LogP contribution >= 0.6 is 0 Å². The first kappa shape index (κ1) is 16.7. The van der Waals surface area contributed by atoms with E-state index in [4.69, 9.17) is 5.11 Å². The Morgan fingerprint density at radius 3 is 2.62 bits per heavy atom. The molecule has 0 aliphatic carbocycles. The highest BCUT2D eigenvalue weighted by molar-refractivity contribution is 6.01. The van der Waals surface area contributed by atoms with Crippen LogP contribution in [0.2, 0.25) is 0 Å². The lowest BCUT2D eigenvalue weighted by Crippen LogP contribution is -2.32. The molecule has 0 radical (unpaired) electrons. The van der Waals surface area contributed by atoms with Gasteiger partial charge >= 0.3 is 5.97 Å². The normalized spacial score (nSPS) is 15.5. The third-order valence-electron chi connectivity index (χ3n) is 2.88. The molecule has 0 aromatic carbocycles. The number of carbonyl (C=O) groups is 3. The van der Waals surface area contributed by atoms with Crippen LogP contribution in [0.5, 0.6) is 0 Å². The van der Waals surface area contributed by atoms with Crippen molar-refractivity contribution in [3.63, 3.8) is 0 Å². The van der Waals surface area contributed by atoms with E-state index in [9.17, 15) is 19.6 Å². The van der Waals surface area contributed by atoms with Crippen LogP contribution < -0.4 is 0 Å². The Balaban J connectivity index is 2.26. The molecule has 0 unspecified atom stereocenters. The lowest BCUT2D eigenvalue weighted by molar-refractivity contribution is -0.705. The average Bonchev–Trinajstić information content (AvgIpc) is 2.74. The number of aliphatic carboxylic acids is 1. The Hall–Kier alpha value is -2.39. The number of carboxylic acids is 1. The van der Waals surface area contributed by atoms with Crippen molar-refractivity contribution in [3.05, 3.63) is 5.21 Å². The van der Waals surface area contributed by atoms with Gasteiger partial charge in [0, 0.05) is 19.3 Å². The summed E-state index contributed by atoms with van der Waals surface area (Å²) < 4.78 is 0. The highest BCUT2D eigenvalue weighted by Gasteiger charge is 2.29. The lowest BCUT2D eigenvalue weighted by atomic mass is 10.2. The van der Waals surface area contributed by atoms with Crippen LogP contribution in [0.25, 0.3) is 0 Å². The molecule has 10 nitrogen and oxygen atoms in total. The van der Waals surface area contributed by atoms with Gasteiger partial charge in [-0.1, -0.05) is 0 Å². The van der Waals surface area contributed by atoms with Crippen molar-refractivity contribution in [1.29, 1.82) is 0 Å². The van der Waals surface area contributed by atoms with Crippen molar-refractivity contribution in [1.82, 2.24) is 9.91 Å². The number of likely N-dealkylation sites (tertiary alicyclic amines) is 1. The molecule has 1 N–H and O–H groups in total. The predicted octanol–water partition coefficient (Wildman–Crippen LogP) is 0.0887. The summed E-state index contributed by atoms with van der Waals surface area (Å²) >= 11 is 0. The first-order chi connectivity index (χ1) is 9.91. The average molecular weight is 302 g/mol. The molecule has 0 atom stereocenters. The van der Waals surface area contributed by atoms with Gasteiger partial charge in [0.25, 0.3) is 0 Å². The van der Waals surface area contributed by atoms with Crippen molar-refractivity contribution < 1.29 is 29.3 Å². The van der Waals surface area contributed by atoms with Gasteiger partial charge in [-0.15, -0.1) is 5.01 Å². The Labute approximate surface area is 121 Å². The van der Waals surface area contributed by atoms with Crippen LogP contribution in [0.15, 0.2) is 5.28 Å². The van der Waals surface area contributed by atoms with Gasteiger partial charge in [-0.25, -0.2) is 4.90 Å². The number of nitrogens with zero attached hydrogens (tertiary/aromatic N) is 4. The quantitative estimate of drug-likeness (QED) is 0.210. The number of rotatable bonds is 9. The molecule has 1 fully saturated rings. The van der Waals surface area contributed by atoms with E-state index in [1.54, 1.807) is 0 Å². The Morgan fingerprint density at radius 1 is 1.43 bits per heavy atom. The maximum absolute atomic E-state index is 11.5. The molecular weight excluding hydrogens is 284 g/mol. The third kappa shape index (κ3) is 5.63. The van der Waals surface area contributed by atoms with Crippen molar-refractivity contribution in [3.8, 4) is 0 Å². The number of carbonyl (C=O) groups excluding carboxylic acids is 2. The molecule has 10 heteroatoms. The molecule has 1 aliphatic heterocycles. The van der Waals surface area contributed by atoms with Gasteiger partial charge in [-0.3, -0.25) is 14.4 Å². The second-order valence-corrected chi connectivity index (χ2v) is 4.54. The lowest BCUT2D eigenvalue weighted by Gasteiger charge is -2.13. The Morgan fingerprint density at radius 2 is 2.05 bits per heavy atom. The van der Waals surface area contributed by atoms with Gasteiger partial charge in [0.15, 0.2) is 0 Å². The summed E-state index contributed by atoms with van der Waals surface area (Å²) in [5.74, 6) is -1.59. The van der Waals surface area contributed by atoms with E-state index in [-0.39, 0.29) is 42.8 Å². The van der Waals surface area contributed by atoms with Gasteiger partial charge in [-0.05, 0) is 12.8 Å². The molecule has 0 aromatic heterocycles. The van der Waals surface area contributed by atoms with Crippen LogP contribution in [0.1, 0.15) is 32.1 Å². The van der Waals surface area contributed by atoms with E-state index >= 15 is 0 Å². The summed E-state index contributed by atoms with van der Waals surface area (Å²) in [5, 5.41) is 24.3. The molecule has 1 heterocycles. The molecule has 0 saturated carbocycles. The van der Waals surface area contributed by atoms with E-state index < -0.39 is 5.97 Å². The minimum Gasteiger partial charge on any atom is -0.569 e. The number of carboxylic acid groups (broad SMARTS) is 1. The monoisotopic (exact) mass is 302 g/mol. The molecule has 0 spiro atoms. The first-order valence-electron chi connectivity index (χ1n) is 6.48. The van der Waals surface area contributed by atoms with Gasteiger partial charge in [-0.2, -0.15) is 0 Å². The minimum absolute atomic E-state index is 0.0412. The number of hydrazine groups is 1. The van der Waals surface area contributed by atoms with E-state index in [1.807, 2.05) is 0 Å². The largest absolute Gasteiger partial charge is 0.569 e. The molecule has 2 amide bonds. The first-order valence-corrected chi connectivity index (χ1v) is 6.48. The third-order valence-corrected chi connectivity index (χ3v) is 2.88. The molecule has 0 bridgehead atoms. The molecule has 21 heavy (non-hydrogen) atoms. The summed E-state index contributed by atoms with van der Waals surface area (Å²) in [4.78, 5) is 38.6. The summed E-state index contributed by atoms with van der Waals surface area (Å²) in [6.45, 7) is -0.0749. The molecule has 1 rings (SSSR count). The number of unbranched alkanes of at least 4 members (excludes halogenated alkanes) is 1. The fraction of sp³-hybridized carbons (Fsp3) is 0.727. The van der Waals surface area contributed by atoms with Gasteiger partial charge in [0.2, 0.25) is 23.8 Å². The molecule has 1 saturated heterocycles. The van der Waals surface area contributed by atoms with E-state index in [2.05, 4.69) is 10.1 Å². The fourth-order valence-electron chi connectivity index (χ4n) is 1.66. The summed E-state index contributed by atoms with van der Waals surface area (Å²) in [5.41, 5.74) is 0. The van der Waals surface area contributed by atoms with Crippen LogP contribution in [0, 0.1) is 5.21 Å². The Kier molecular flexibility index (Phi) is 6.37. The standard InChI is InChI=1S/C11H18N4O6/c1-13(7-3-2-4-11(18)19)15(20)12-21-8-14-9(16)5-6-10(14)17/h2-8H2,1H3,(H,18,19)/b15-12-. The van der Waals surface area contributed by atoms with Crippen molar-refractivity contribution in [2.24, 2.45) is 5.28 Å². The zero-order valence-electron chi connectivity index (χ0n) is 11.7. The Bertz CT molecular complexity index is 422. The van der Waals surface area contributed by atoms with Crippen LogP contribution in [0.3, 0.4) is 0 Å². The van der Waals surface area contributed by atoms with Gasteiger partial charge in [0.1, 0.15) is 0 Å². The SMILES string of the molecule is CN(CCCCC(=O)O)/[N+]([O-])=N/OCN1C(=O)CCC1=O. The van der Waals surface area contributed by atoms with Gasteiger partial charge in [0.05, 0.1) is 18.6 Å². The fourth-order valence-corrected chi connectivity index (χ4v) is 1.66. The summed E-state index contributed by atoms with van der Waals surface area (Å²) in [7, 11) is 1.47. The number of imide groups is 1. The topological polar surface area (TPSA) is 126 Å². The molecular formula is C11H18N4O6. The highest BCUT2D eigenvalue weighted by atomic mass is 16.7. The van der Waals surface area contributed by atoms with E-state index in [0.29, 0.717) is 19.4 Å². The smallest absolute Gasteiger partial charge is 0.303 e. The molecule has 0 aromatic rings. The maximum Gasteiger partial charge on any atom is 0.303 e. The number of hydrogen-bond acceptors (Lipinski definition) is 6. The van der Waals surface area contributed by atoms with Crippen LogP contribution in [-0.2, 0) is 19.2 Å². The van der Waals surface area contributed by atoms with E-state index in [0.717, 1.165) is 4.90 Å².